The summed E-state index contributed by atoms with van der Waals surface area (Å²) in [6.45, 7) is 2.41. The highest BCUT2D eigenvalue weighted by atomic mass is 19.1. The fraction of sp³-hybridized carbons (Fsp3) is 0.562. The molecule has 1 saturated heterocycles. The van der Waals surface area contributed by atoms with Gasteiger partial charge in [0.15, 0.2) is 5.78 Å². The summed E-state index contributed by atoms with van der Waals surface area (Å²) >= 11 is 0. The van der Waals surface area contributed by atoms with Crippen molar-refractivity contribution in [3.05, 3.63) is 35.4 Å². The smallest absolute Gasteiger partial charge is 0.188 e. The maximum Gasteiger partial charge on any atom is 0.188 e. The van der Waals surface area contributed by atoms with Crippen molar-refractivity contribution in [2.24, 2.45) is 0 Å². The van der Waals surface area contributed by atoms with Gasteiger partial charge in [-0.3, -0.25) is 9.69 Å². The SMILES string of the molecule is O=C(c1c(F)cccc1F)C1(N2CCOCC2)CCCC1. The first-order valence-corrected chi connectivity index (χ1v) is 7.47. The monoisotopic (exact) mass is 295 g/mol. The largest absolute Gasteiger partial charge is 0.379 e. The molecule has 0 atom stereocenters. The Morgan fingerprint density at radius 1 is 1.10 bits per heavy atom. The molecule has 5 heteroatoms. The van der Waals surface area contributed by atoms with Gasteiger partial charge in [-0.25, -0.2) is 8.78 Å². The number of rotatable bonds is 3. The minimum atomic E-state index is -0.764. The van der Waals surface area contributed by atoms with Crippen LogP contribution in [0.15, 0.2) is 18.2 Å². The first-order valence-electron chi connectivity index (χ1n) is 7.47. The fourth-order valence-corrected chi connectivity index (χ4v) is 3.59. The molecule has 0 spiro atoms. The number of halogens is 2. The van der Waals surface area contributed by atoms with Gasteiger partial charge in [0.2, 0.25) is 0 Å². The molecule has 3 rings (SSSR count). The number of hydrogen-bond acceptors (Lipinski definition) is 3. The molecule has 2 fully saturated rings. The molecule has 21 heavy (non-hydrogen) atoms. The maximum atomic E-state index is 14.0. The van der Waals surface area contributed by atoms with Crippen LogP contribution in [0.25, 0.3) is 0 Å². The van der Waals surface area contributed by atoms with Gasteiger partial charge >= 0.3 is 0 Å². The third kappa shape index (κ3) is 2.49. The molecule has 0 unspecified atom stereocenters. The number of ether oxygens (including phenoxy) is 1. The summed E-state index contributed by atoms with van der Waals surface area (Å²) in [7, 11) is 0. The van der Waals surface area contributed by atoms with E-state index in [0.717, 1.165) is 25.0 Å². The third-order valence-electron chi connectivity index (χ3n) is 4.66. The van der Waals surface area contributed by atoms with E-state index in [0.29, 0.717) is 39.1 Å². The molecular weight excluding hydrogens is 276 g/mol. The van der Waals surface area contributed by atoms with Crippen molar-refractivity contribution in [3.8, 4) is 0 Å². The minimum Gasteiger partial charge on any atom is -0.379 e. The lowest BCUT2D eigenvalue weighted by molar-refractivity contribution is -0.0133. The summed E-state index contributed by atoms with van der Waals surface area (Å²) in [6.07, 6.45) is 3.16. The molecule has 3 nitrogen and oxygen atoms in total. The highest BCUT2D eigenvalue weighted by Crippen LogP contribution is 2.39. The molecular formula is C16H19F2NO2. The number of carbonyl (C=O) groups excluding carboxylic acids is 1. The summed E-state index contributed by atoms with van der Waals surface area (Å²) in [6, 6.07) is 3.59. The normalized spacial score (nSPS) is 22.4. The maximum absolute atomic E-state index is 14.0. The average molecular weight is 295 g/mol. The zero-order valence-electron chi connectivity index (χ0n) is 11.9. The number of Topliss-reactive ketones (excluding diaryl/α,β-unsaturated/α-hetero) is 1. The molecule has 0 N–H and O–H groups in total. The molecule has 0 amide bonds. The number of carbonyl (C=O) groups is 1. The van der Waals surface area contributed by atoms with Crippen LogP contribution in [0.2, 0.25) is 0 Å². The molecule has 1 saturated carbocycles. The van der Waals surface area contributed by atoms with Gasteiger partial charge in [0.25, 0.3) is 0 Å². The highest BCUT2D eigenvalue weighted by Gasteiger charge is 2.47. The Labute approximate surface area is 122 Å². The predicted molar refractivity (Wildman–Crippen MR) is 74.3 cm³/mol. The minimum absolute atomic E-state index is 0.383. The lowest BCUT2D eigenvalue weighted by Crippen LogP contribution is -2.57. The summed E-state index contributed by atoms with van der Waals surface area (Å²) in [4.78, 5) is 15.0. The first-order chi connectivity index (χ1) is 10.1. The van der Waals surface area contributed by atoms with Crippen LogP contribution in [0.4, 0.5) is 8.78 Å². The van der Waals surface area contributed by atoms with Crippen LogP contribution >= 0.6 is 0 Å². The molecule has 0 bridgehead atoms. The molecule has 1 aliphatic carbocycles. The van der Waals surface area contributed by atoms with E-state index in [2.05, 4.69) is 4.90 Å². The van der Waals surface area contributed by atoms with Crippen LogP contribution in [0.1, 0.15) is 36.0 Å². The Hall–Kier alpha value is -1.33. The molecule has 1 heterocycles. The lowest BCUT2D eigenvalue weighted by Gasteiger charge is -2.42. The quantitative estimate of drug-likeness (QED) is 0.803. The van der Waals surface area contributed by atoms with Gasteiger partial charge < -0.3 is 4.74 Å². The van der Waals surface area contributed by atoms with E-state index in [1.165, 1.54) is 6.07 Å². The topological polar surface area (TPSA) is 29.5 Å². The van der Waals surface area contributed by atoms with Crippen molar-refractivity contribution < 1.29 is 18.3 Å². The van der Waals surface area contributed by atoms with E-state index in [4.69, 9.17) is 4.74 Å². The zero-order chi connectivity index (χ0) is 14.9. The summed E-state index contributed by atoms with van der Waals surface area (Å²) in [5, 5.41) is 0. The van der Waals surface area contributed by atoms with E-state index < -0.39 is 23.0 Å². The van der Waals surface area contributed by atoms with Gasteiger partial charge in [-0.2, -0.15) is 0 Å². The second-order valence-electron chi connectivity index (χ2n) is 5.76. The van der Waals surface area contributed by atoms with E-state index in [9.17, 15) is 13.6 Å². The molecule has 2 aliphatic rings. The summed E-state index contributed by atoms with van der Waals surface area (Å²) in [5.74, 6) is -1.93. The van der Waals surface area contributed by atoms with Crippen molar-refractivity contribution in [1.29, 1.82) is 0 Å². The highest BCUT2D eigenvalue weighted by molar-refractivity contribution is 6.04. The Morgan fingerprint density at radius 3 is 2.24 bits per heavy atom. The second-order valence-corrected chi connectivity index (χ2v) is 5.76. The van der Waals surface area contributed by atoms with Crippen LogP contribution in [0, 0.1) is 11.6 Å². The van der Waals surface area contributed by atoms with Crippen molar-refractivity contribution in [1.82, 2.24) is 4.90 Å². The van der Waals surface area contributed by atoms with Gasteiger partial charge in [0.1, 0.15) is 11.6 Å². The van der Waals surface area contributed by atoms with Gasteiger partial charge in [0, 0.05) is 13.1 Å². The van der Waals surface area contributed by atoms with Crippen LogP contribution in [0.3, 0.4) is 0 Å². The Balaban J connectivity index is 1.99. The lowest BCUT2D eigenvalue weighted by atomic mass is 9.85. The summed E-state index contributed by atoms with van der Waals surface area (Å²) < 4.78 is 33.3. The van der Waals surface area contributed by atoms with Crippen LogP contribution in [-0.2, 0) is 4.74 Å². The van der Waals surface area contributed by atoms with Crippen molar-refractivity contribution in [2.75, 3.05) is 26.3 Å². The number of morpholine rings is 1. The van der Waals surface area contributed by atoms with Gasteiger partial charge in [0.05, 0.1) is 24.3 Å². The Morgan fingerprint density at radius 2 is 1.67 bits per heavy atom. The molecule has 1 aromatic rings. The fourth-order valence-electron chi connectivity index (χ4n) is 3.59. The van der Waals surface area contributed by atoms with Crippen LogP contribution < -0.4 is 0 Å². The molecule has 1 aromatic carbocycles. The number of nitrogens with zero attached hydrogens (tertiary/aromatic N) is 1. The van der Waals surface area contributed by atoms with Crippen molar-refractivity contribution in [2.45, 2.75) is 31.2 Å². The molecule has 0 radical (unpaired) electrons. The third-order valence-corrected chi connectivity index (χ3v) is 4.66. The second kappa shape index (κ2) is 5.81. The number of ketones is 1. The van der Waals surface area contributed by atoms with Crippen molar-refractivity contribution in [3.63, 3.8) is 0 Å². The Bertz CT molecular complexity index is 515. The van der Waals surface area contributed by atoms with Crippen LogP contribution in [-0.4, -0.2) is 42.5 Å². The molecule has 0 aromatic heterocycles. The first kappa shape index (κ1) is 14.6. The van der Waals surface area contributed by atoms with E-state index in [-0.39, 0.29) is 5.56 Å². The van der Waals surface area contributed by atoms with Crippen molar-refractivity contribution >= 4 is 5.78 Å². The average Bonchev–Trinajstić information content (AvgIpc) is 2.98. The van der Waals surface area contributed by atoms with E-state index in [1.807, 2.05) is 0 Å². The molecule has 114 valence electrons. The van der Waals surface area contributed by atoms with Gasteiger partial charge in [-0.1, -0.05) is 18.9 Å². The van der Waals surface area contributed by atoms with E-state index in [1.54, 1.807) is 0 Å². The van der Waals surface area contributed by atoms with E-state index >= 15 is 0 Å². The zero-order valence-corrected chi connectivity index (χ0v) is 11.9. The van der Waals surface area contributed by atoms with Gasteiger partial charge in [-0.05, 0) is 25.0 Å². The number of hydrogen-bond donors (Lipinski definition) is 0. The standard InChI is InChI=1S/C16H19F2NO2/c17-12-4-3-5-13(18)14(12)15(20)16(6-1-2-7-16)19-8-10-21-11-9-19/h3-5H,1-2,6-11H2. The predicted octanol–water partition coefficient (Wildman–Crippen LogP) is 2.79. The Kier molecular flexibility index (Phi) is 4.04. The van der Waals surface area contributed by atoms with Crippen LogP contribution in [0.5, 0.6) is 0 Å². The van der Waals surface area contributed by atoms with Gasteiger partial charge in [-0.15, -0.1) is 0 Å². The molecule has 1 aliphatic heterocycles. The number of benzene rings is 1. The summed E-state index contributed by atoms with van der Waals surface area (Å²) in [5.41, 5.74) is -1.14.